The highest BCUT2D eigenvalue weighted by molar-refractivity contribution is 6.03. The molecule has 6 nitrogen and oxygen atoms in total. The number of aryl methyl sites for hydroxylation is 2. The van der Waals surface area contributed by atoms with Crippen molar-refractivity contribution in [3.63, 3.8) is 0 Å². The summed E-state index contributed by atoms with van der Waals surface area (Å²) in [5.41, 5.74) is 3.12. The zero-order valence-electron chi connectivity index (χ0n) is 11.2. The van der Waals surface area contributed by atoms with Crippen LogP contribution in [0.2, 0.25) is 0 Å². The normalized spacial score (nSPS) is 9.75. The van der Waals surface area contributed by atoms with Gasteiger partial charge in [-0.1, -0.05) is 11.8 Å². The van der Waals surface area contributed by atoms with Gasteiger partial charge in [0.1, 0.15) is 12.3 Å². The van der Waals surface area contributed by atoms with Gasteiger partial charge in [-0.15, -0.1) is 0 Å². The van der Waals surface area contributed by atoms with Gasteiger partial charge in [-0.05, 0) is 26.0 Å². The zero-order chi connectivity index (χ0) is 14.5. The van der Waals surface area contributed by atoms with Crippen molar-refractivity contribution in [3.8, 4) is 11.8 Å². The van der Waals surface area contributed by atoms with Crippen LogP contribution in [0.25, 0.3) is 0 Å². The number of nitrogens with zero attached hydrogens (tertiary/aromatic N) is 2. The number of hydrogen-bond acceptors (Lipinski definition) is 4. The average Bonchev–Trinajstić information content (AvgIpc) is 2.77. The highest BCUT2D eigenvalue weighted by Gasteiger charge is 2.12. The molecule has 0 unspecified atom stereocenters. The molecule has 0 bridgehead atoms. The number of anilines is 1. The summed E-state index contributed by atoms with van der Waals surface area (Å²) in [7, 11) is 0. The first-order chi connectivity index (χ1) is 9.61. The zero-order valence-corrected chi connectivity index (χ0v) is 11.2. The van der Waals surface area contributed by atoms with Gasteiger partial charge >= 0.3 is 0 Å². The van der Waals surface area contributed by atoms with Crippen molar-refractivity contribution in [3.05, 3.63) is 41.0 Å². The number of amides is 1. The lowest BCUT2D eigenvalue weighted by Gasteiger charge is -2.04. The van der Waals surface area contributed by atoms with Gasteiger partial charge in [-0.25, -0.2) is 4.98 Å². The SMILES string of the molecule is Cc1n[nH]c(C)c1NC(=O)c1ccc(C#CCO)cn1. The second kappa shape index (κ2) is 5.99. The van der Waals surface area contributed by atoms with E-state index >= 15 is 0 Å². The second-order valence-electron chi connectivity index (χ2n) is 4.16. The molecule has 6 heteroatoms. The Balaban J connectivity index is 2.14. The third kappa shape index (κ3) is 3.02. The number of aliphatic hydroxyl groups is 1. The fraction of sp³-hybridized carbons (Fsp3) is 0.214. The molecule has 0 aliphatic rings. The number of pyridine rings is 1. The Bertz CT molecular complexity index is 658. The largest absolute Gasteiger partial charge is 0.384 e. The summed E-state index contributed by atoms with van der Waals surface area (Å²) in [5, 5.41) is 18.2. The first-order valence-electron chi connectivity index (χ1n) is 6.00. The minimum atomic E-state index is -0.306. The van der Waals surface area contributed by atoms with E-state index in [0.717, 1.165) is 11.4 Å². The summed E-state index contributed by atoms with van der Waals surface area (Å²) in [6.07, 6.45) is 1.49. The van der Waals surface area contributed by atoms with E-state index in [0.29, 0.717) is 16.9 Å². The van der Waals surface area contributed by atoms with Gasteiger partial charge in [-0.2, -0.15) is 5.10 Å². The molecule has 2 rings (SSSR count). The van der Waals surface area contributed by atoms with Gasteiger partial charge in [0, 0.05) is 11.8 Å². The first-order valence-corrected chi connectivity index (χ1v) is 6.00. The number of aromatic nitrogens is 3. The molecular formula is C14H14N4O2. The lowest BCUT2D eigenvalue weighted by Crippen LogP contribution is -2.14. The van der Waals surface area contributed by atoms with Crippen LogP contribution in [0.3, 0.4) is 0 Å². The van der Waals surface area contributed by atoms with Crippen LogP contribution in [0.15, 0.2) is 18.3 Å². The summed E-state index contributed by atoms with van der Waals surface area (Å²) < 4.78 is 0. The maximum Gasteiger partial charge on any atom is 0.274 e. The standard InChI is InChI=1S/C14H14N4O2/c1-9-13(10(2)18-17-9)16-14(20)12-6-5-11(8-15-12)4-3-7-19/h5-6,8,19H,7H2,1-2H3,(H,16,20)(H,17,18). The number of rotatable bonds is 2. The average molecular weight is 270 g/mol. The molecule has 102 valence electrons. The monoisotopic (exact) mass is 270 g/mol. The predicted molar refractivity (Wildman–Crippen MR) is 74.2 cm³/mol. The molecule has 0 saturated heterocycles. The summed E-state index contributed by atoms with van der Waals surface area (Å²) >= 11 is 0. The van der Waals surface area contributed by atoms with Crippen LogP contribution in [0.5, 0.6) is 0 Å². The van der Waals surface area contributed by atoms with Crippen LogP contribution in [0.1, 0.15) is 27.4 Å². The third-order valence-electron chi connectivity index (χ3n) is 2.67. The van der Waals surface area contributed by atoms with Crippen LogP contribution >= 0.6 is 0 Å². The van der Waals surface area contributed by atoms with E-state index in [2.05, 4.69) is 32.3 Å². The highest BCUT2D eigenvalue weighted by Crippen LogP contribution is 2.16. The minimum absolute atomic E-state index is 0.207. The van der Waals surface area contributed by atoms with Crippen molar-refractivity contribution in [1.82, 2.24) is 15.2 Å². The van der Waals surface area contributed by atoms with E-state index in [1.165, 1.54) is 6.20 Å². The van der Waals surface area contributed by atoms with Crippen molar-refractivity contribution in [2.75, 3.05) is 11.9 Å². The molecule has 1 amide bonds. The summed E-state index contributed by atoms with van der Waals surface area (Å²) in [5.74, 6) is 4.93. The Morgan fingerprint density at radius 3 is 2.80 bits per heavy atom. The van der Waals surface area contributed by atoms with Crippen molar-refractivity contribution < 1.29 is 9.90 Å². The van der Waals surface area contributed by atoms with Gasteiger partial charge in [0.15, 0.2) is 0 Å². The molecule has 0 aromatic carbocycles. The molecule has 0 fully saturated rings. The molecule has 0 radical (unpaired) electrons. The van der Waals surface area contributed by atoms with Crippen molar-refractivity contribution in [1.29, 1.82) is 0 Å². The molecular weight excluding hydrogens is 256 g/mol. The van der Waals surface area contributed by atoms with E-state index in [1.807, 2.05) is 6.92 Å². The Morgan fingerprint density at radius 1 is 1.45 bits per heavy atom. The van der Waals surface area contributed by atoms with Crippen molar-refractivity contribution >= 4 is 11.6 Å². The summed E-state index contributed by atoms with van der Waals surface area (Å²) in [6.45, 7) is 3.43. The molecule has 2 heterocycles. The number of nitrogens with one attached hydrogen (secondary N) is 2. The smallest absolute Gasteiger partial charge is 0.274 e. The predicted octanol–water partition coefficient (Wildman–Crippen LogP) is 1.02. The van der Waals surface area contributed by atoms with Gasteiger partial charge in [-0.3, -0.25) is 9.89 Å². The summed E-state index contributed by atoms with van der Waals surface area (Å²) in [4.78, 5) is 16.1. The fourth-order valence-corrected chi connectivity index (χ4v) is 1.66. The fourth-order valence-electron chi connectivity index (χ4n) is 1.66. The third-order valence-corrected chi connectivity index (χ3v) is 2.67. The number of H-pyrrole nitrogens is 1. The molecule has 2 aromatic heterocycles. The van der Waals surface area contributed by atoms with Crippen LogP contribution in [0.4, 0.5) is 5.69 Å². The molecule has 0 saturated carbocycles. The van der Waals surface area contributed by atoms with Gasteiger partial charge in [0.2, 0.25) is 0 Å². The number of aliphatic hydroxyl groups excluding tert-OH is 1. The van der Waals surface area contributed by atoms with E-state index in [-0.39, 0.29) is 12.5 Å². The lowest BCUT2D eigenvalue weighted by atomic mass is 10.2. The summed E-state index contributed by atoms with van der Waals surface area (Å²) in [6, 6.07) is 3.27. The number of aromatic amines is 1. The Labute approximate surface area is 116 Å². The topological polar surface area (TPSA) is 90.9 Å². The maximum absolute atomic E-state index is 12.1. The molecule has 2 aromatic rings. The quantitative estimate of drug-likeness (QED) is 0.710. The second-order valence-corrected chi connectivity index (χ2v) is 4.16. The van der Waals surface area contributed by atoms with Crippen LogP contribution in [-0.2, 0) is 0 Å². The van der Waals surface area contributed by atoms with Gasteiger partial charge < -0.3 is 10.4 Å². The number of hydrogen-bond donors (Lipinski definition) is 3. The van der Waals surface area contributed by atoms with E-state index < -0.39 is 0 Å². The number of carbonyl (C=O) groups is 1. The molecule has 0 atom stereocenters. The van der Waals surface area contributed by atoms with Crippen LogP contribution < -0.4 is 5.32 Å². The van der Waals surface area contributed by atoms with E-state index in [1.54, 1.807) is 19.1 Å². The Kier molecular flexibility index (Phi) is 4.13. The Morgan fingerprint density at radius 2 is 2.25 bits per heavy atom. The van der Waals surface area contributed by atoms with Gasteiger partial charge in [0.25, 0.3) is 5.91 Å². The lowest BCUT2D eigenvalue weighted by molar-refractivity contribution is 0.102. The van der Waals surface area contributed by atoms with E-state index in [9.17, 15) is 4.79 Å². The van der Waals surface area contributed by atoms with Crippen molar-refractivity contribution in [2.45, 2.75) is 13.8 Å². The molecule has 3 N–H and O–H groups in total. The van der Waals surface area contributed by atoms with E-state index in [4.69, 9.17) is 5.11 Å². The Hall–Kier alpha value is -2.65. The first kappa shape index (κ1) is 13.8. The minimum Gasteiger partial charge on any atom is -0.384 e. The van der Waals surface area contributed by atoms with Crippen LogP contribution in [-0.4, -0.2) is 32.8 Å². The number of carbonyl (C=O) groups excluding carboxylic acids is 1. The molecule has 0 aliphatic heterocycles. The van der Waals surface area contributed by atoms with Crippen molar-refractivity contribution in [2.24, 2.45) is 0 Å². The maximum atomic E-state index is 12.1. The molecule has 20 heavy (non-hydrogen) atoms. The van der Waals surface area contributed by atoms with Gasteiger partial charge in [0.05, 0.1) is 17.1 Å². The highest BCUT2D eigenvalue weighted by atomic mass is 16.2. The molecule has 0 spiro atoms. The van der Waals surface area contributed by atoms with Crippen LogP contribution in [0, 0.1) is 25.7 Å². The molecule has 0 aliphatic carbocycles.